The maximum absolute atomic E-state index is 9.38. The van der Waals surface area contributed by atoms with Gasteiger partial charge in [0.1, 0.15) is 0 Å². The molecule has 2 aliphatic rings. The predicted octanol–water partition coefficient (Wildman–Crippen LogP) is 1.74. The number of fused-ring (bicyclic) bond motifs is 1. The van der Waals surface area contributed by atoms with Gasteiger partial charge < -0.3 is 5.21 Å². The van der Waals surface area contributed by atoms with Crippen molar-refractivity contribution in [2.75, 3.05) is 0 Å². The van der Waals surface area contributed by atoms with Crippen LogP contribution in [0.1, 0.15) is 25.5 Å². The quantitative estimate of drug-likeness (QED) is 0.675. The number of rotatable bonds is 1. The Kier molecular flexibility index (Phi) is 1.69. The first-order valence-corrected chi connectivity index (χ1v) is 4.23. The number of hydrogen-bond acceptors (Lipinski definition) is 3. The zero-order valence-corrected chi connectivity index (χ0v) is 7.60. The second-order valence-electron chi connectivity index (χ2n) is 3.33. The van der Waals surface area contributed by atoms with Crippen molar-refractivity contribution in [3.8, 4) is 11.4 Å². The van der Waals surface area contributed by atoms with Gasteiger partial charge in [-0.1, -0.05) is 13.8 Å². The molecule has 0 bridgehead atoms. The van der Waals surface area contributed by atoms with Gasteiger partial charge in [0.15, 0.2) is 5.82 Å². The van der Waals surface area contributed by atoms with Crippen LogP contribution < -0.4 is 0 Å². The van der Waals surface area contributed by atoms with Gasteiger partial charge in [0.2, 0.25) is 0 Å². The van der Waals surface area contributed by atoms with E-state index < -0.39 is 0 Å². The van der Waals surface area contributed by atoms with Crippen LogP contribution in [-0.2, 0) is 0 Å². The van der Waals surface area contributed by atoms with Crippen molar-refractivity contribution in [3.63, 3.8) is 0 Å². The maximum Gasteiger partial charge on any atom is 0.198 e. The summed E-state index contributed by atoms with van der Waals surface area (Å²) in [5.74, 6) is 0.846. The monoisotopic (exact) mass is 177 g/mol. The zero-order chi connectivity index (χ0) is 9.42. The average molecular weight is 177 g/mol. The highest BCUT2D eigenvalue weighted by Gasteiger charge is 2.17. The molecule has 0 aromatic carbocycles. The summed E-state index contributed by atoms with van der Waals surface area (Å²) in [6.07, 6.45) is 1.54. The van der Waals surface area contributed by atoms with Crippen LogP contribution in [0.3, 0.4) is 0 Å². The van der Waals surface area contributed by atoms with E-state index >= 15 is 0 Å². The third-order valence-electron chi connectivity index (χ3n) is 2.02. The topological polar surface area (TPSA) is 50.9 Å². The first-order valence-electron chi connectivity index (χ1n) is 4.23. The van der Waals surface area contributed by atoms with Crippen LogP contribution in [0, 0.1) is 0 Å². The highest BCUT2D eigenvalue weighted by atomic mass is 16.5. The van der Waals surface area contributed by atoms with Crippen molar-refractivity contribution in [1.29, 1.82) is 0 Å². The van der Waals surface area contributed by atoms with E-state index in [9.17, 15) is 5.21 Å². The normalized spacial score (nSPS) is 11.3. The molecule has 2 aliphatic heterocycles. The third kappa shape index (κ3) is 1.14. The van der Waals surface area contributed by atoms with Gasteiger partial charge in [-0.2, -0.15) is 9.83 Å². The third-order valence-corrected chi connectivity index (χ3v) is 2.02. The molecule has 0 spiro atoms. The summed E-state index contributed by atoms with van der Waals surface area (Å²) in [6.45, 7) is 4.11. The molecule has 0 amide bonds. The number of aromatic nitrogens is 3. The van der Waals surface area contributed by atoms with Crippen molar-refractivity contribution in [1.82, 2.24) is 14.9 Å². The minimum Gasteiger partial charge on any atom is -0.427 e. The summed E-state index contributed by atoms with van der Waals surface area (Å²) in [7, 11) is 0. The molecule has 2 heterocycles. The van der Waals surface area contributed by atoms with Gasteiger partial charge in [-0.05, 0) is 18.1 Å². The van der Waals surface area contributed by atoms with Gasteiger partial charge in [0.05, 0.1) is 5.69 Å². The van der Waals surface area contributed by atoms with Crippen LogP contribution >= 0.6 is 0 Å². The van der Waals surface area contributed by atoms with E-state index in [1.165, 1.54) is 0 Å². The first kappa shape index (κ1) is 8.04. The fourth-order valence-corrected chi connectivity index (χ4v) is 1.37. The molecule has 0 saturated heterocycles. The molecule has 4 nitrogen and oxygen atoms in total. The molecule has 2 rings (SSSR count). The second kappa shape index (κ2) is 2.73. The summed E-state index contributed by atoms with van der Waals surface area (Å²) in [5, 5.41) is 17.3. The van der Waals surface area contributed by atoms with Crippen molar-refractivity contribution in [2.45, 2.75) is 19.8 Å². The molecule has 0 aliphatic carbocycles. The SMILES string of the molecule is CC(C)c1nnc2n(O)cccc1-2. The lowest BCUT2D eigenvalue weighted by Crippen LogP contribution is -1.98. The zero-order valence-electron chi connectivity index (χ0n) is 7.60. The van der Waals surface area contributed by atoms with Crippen LogP contribution in [0.5, 0.6) is 0 Å². The minimum absolute atomic E-state index is 0.326. The highest BCUT2D eigenvalue weighted by Crippen LogP contribution is 2.26. The van der Waals surface area contributed by atoms with Gasteiger partial charge in [-0.3, -0.25) is 0 Å². The second-order valence-corrected chi connectivity index (χ2v) is 3.33. The summed E-state index contributed by atoms with van der Waals surface area (Å²) in [4.78, 5) is 0. The Labute approximate surface area is 76.1 Å². The highest BCUT2D eigenvalue weighted by molar-refractivity contribution is 5.60. The van der Waals surface area contributed by atoms with Crippen molar-refractivity contribution < 1.29 is 5.21 Å². The van der Waals surface area contributed by atoms with Crippen LogP contribution in [0.25, 0.3) is 11.4 Å². The van der Waals surface area contributed by atoms with Crippen molar-refractivity contribution >= 4 is 0 Å². The van der Waals surface area contributed by atoms with Gasteiger partial charge in [0, 0.05) is 11.8 Å². The molecule has 0 atom stereocenters. The molecular formula is C9H11N3O. The van der Waals surface area contributed by atoms with Crippen LogP contribution in [0.4, 0.5) is 0 Å². The number of nitrogens with zero attached hydrogens (tertiary/aromatic N) is 3. The van der Waals surface area contributed by atoms with Crippen molar-refractivity contribution in [3.05, 3.63) is 24.0 Å². The summed E-state index contributed by atoms with van der Waals surface area (Å²) in [6, 6.07) is 3.69. The molecule has 0 saturated carbocycles. The summed E-state index contributed by atoms with van der Waals surface area (Å²) < 4.78 is 0.994. The lowest BCUT2D eigenvalue weighted by molar-refractivity contribution is 0.186. The molecular weight excluding hydrogens is 166 g/mol. The van der Waals surface area contributed by atoms with Crippen LogP contribution in [0.15, 0.2) is 18.3 Å². The minimum atomic E-state index is 0.326. The molecule has 0 aromatic heterocycles. The Morgan fingerprint density at radius 1 is 1.38 bits per heavy atom. The molecule has 4 heteroatoms. The standard InChI is InChI=1S/C9H11N3O/c1-6(2)8-7-4-3-5-12(13)9(7)11-10-8/h3-6,13H,1-2H3. The van der Waals surface area contributed by atoms with Gasteiger partial charge in [0.25, 0.3) is 0 Å². The Hall–Kier alpha value is -1.58. The molecule has 0 radical (unpaired) electrons. The summed E-state index contributed by atoms with van der Waals surface area (Å²) in [5.41, 5.74) is 1.85. The lowest BCUT2D eigenvalue weighted by atomic mass is 10.1. The fourth-order valence-electron chi connectivity index (χ4n) is 1.37. The first-order chi connectivity index (χ1) is 6.20. The largest absolute Gasteiger partial charge is 0.427 e. The fraction of sp³-hybridized carbons (Fsp3) is 0.333. The Balaban J connectivity index is 2.64. The molecule has 0 aromatic rings. The van der Waals surface area contributed by atoms with E-state index in [4.69, 9.17) is 0 Å². The molecule has 1 N–H and O–H groups in total. The maximum atomic E-state index is 9.38. The van der Waals surface area contributed by atoms with E-state index in [-0.39, 0.29) is 0 Å². The lowest BCUT2D eigenvalue weighted by Gasteiger charge is -2.05. The van der Waals surface area contributed by atoms with Gasteiger partial charge >= 0.3 is 0 Å². The predicted molar refractivity (Wildman–Crippen MR) is 47.9 cm³/mol. The Bertz CT molecular complexity index is 394. The smallest absolute Gasteiger partial charge is 0.198 e. The average Bonchev–Trinajstić information content (AvgIpc) is 2.48. The van der Waals surface area contributed by atoms with Crippen LogP contribution in [-0.4, -0.2) is 20.1 Å². The molecule has 68 valence electrons. The molecule has 13 heavy (non-hydrogen) atoms. The van der Waals surface area contributed by atoms with Crippen molar-refractivity contribution in [2.24, 2.45) is 0 Å². The van der Waals surface area contributed by atoms with E-state index in [2.05, 4.69) is 24.0 Å². The van der Waals surface area contributed by atoms with E-state index in [0.717, 1.165) is 16.0 Å². The van der Waals surface area contributed by atoms with Gasteiger partial charge in [-0.25, -0.2) is 0 Å². The molecule has 0 fully saturated rings. The number of hydrogen-bond donors (Lipinski definition) is 1. The van der Waals surface area contributed by atoms with E-state index in [1.54, 1.807) is 12.3 Å². The van der Waals surface area contributed by atoms with E-state index in [0.29, 0.717) is 11.7 Å². The number of pyridine rings is 1. The Morgan fingerprint density at radius 2 is 2.15 bits per heavy atom. The molecule has 0 unspecified atom stereocenters. The van der Waals surface area contributed by atoms with E-state index in [1.807, 2.05) is 6.07 Å². The van der Waals surface area contributed by atoms with Gasteiger partial charge in [-0.15, -0.1) is 5.10 Å². The van der Waals surface area contributed by atoms with Crippen LogP contribution in [0.2, 0.25) is 0 Å². The summed E-state index contributed by atoms with van der Waals surface area (Å²) >= 11 is 0. The Morgan fingerprint density at radius 3 is 2.85 bits per heavy atom.